The van der Waals surface area contributed by atoms with Gasteiger partial charge in [0.2, 0.25) is 0 Å². The number of rotatable bonds is 3. The fourth-order valence-corrected chi connectivity index (χ4v) is 2.14. The van der Waals surface area contributed by atoms with Crippen LogP contribution >= 0.6 is 0 Å². The van der Waals surface area contributed by atoms with Gasteiger partial charge in [-0.25, -0.2) is 9.18 Å². The molecule has 1 heterocycles. The Balaban J connectivity index is 2.17. The summed E-state index contributed by atoms with van der Waals surface area (Å²) >= 11 is 0. The molecule has 5 nitrogen and oxygen atoms in total. The van der Waals surface area contributed by atoms with Crippen LogP contribution in [0.2, 0.25) is 0 Å². The van der Waals surface area contributed by atoms with Crippen molar-refractivity contribution in [2.45, 2.75) is 6.10 Å². The van der Waals surface area contributed by atoms with Gasteiger partial charge in [-0.2, -0.15) is 0 Å². The fourth-order valence-electron chi connectivity index (χ4n) is 2.14. The molecule has 1 aliphatic rings. The highest BCUT2D eigenvalue weighted by Gasteiger charge is 2.21. The Bertz CT molecular complexity index is 473. The van der Waals surface area contributed by atoms with Gasteiger partial charge in [0.05, 0.1) is 5.69 Å². The molecule has 2 N–H and O–H groups in total. The van der Waals surface area contributed by atoms with E-state index in [0.717, 1.165) is 32.2 Å². The highest BCUT2D eigenvalue weighted by molar-refractivity contribution is 5.74. The summed E-state index contributed by atoms with van der Waals surface area (Å²) in [6.07, 6.45) is -1.68. The summed E-state index contributed by atoms with van der Waals surface area (Å²) in [6.45, 7) is 3.18. The van der Waals surface area contributed by atoms with Crippen molar-refractivity contribution in [3.8, 4) is 0 Å². The molecule has 0 radical (unpaired) electrons. The average Bonchev–Trinajstić information content (AvgIpc) is 2.39. The van der Waals surface area contributed by atoms with Gasteiger partial charge >= 0.3 is 5.97 Å². The number of nitrogens with zero attached hydrogens (tertiary/aromatic N) is 2. The molecule has 1 fully saturated rings. The van der Waals surface area contributed by atoms with Crippen molar-refractivity contribution in [2.24, 2.45) is 0 Å². The van der Waals surface area contributed by atoms with Crippen LogP contribution in [-0.4, -0.2) is 54.3 Å². The topological polar surface area (TPSA) is 64.0 Å². The Morgan fingerprint density at radius 2 is 1.95 bits per heavy atom. The lowest BCUT2D eigenvalue weighted by Gasteiger charge is -2.34. The van der Waals surface area contributed by atoms with E-state index in [1.165, 1.54) is 12.1 Å². The van der Waals surface area contributed by atoms with E-state index in [9.17, 15) is 14.3 Å². The molecule has 1 aliphatic heterocycles. The molecule has 1 unspecified atom stereocenters. The van der Waals surface area contributed by atoms with Gasteiger partial charge in [-0.05, 0) is 24.7 Å². The van der Waals surface area contributed by atoms with Gasteiger partial charge < -0.3 is 20.0 Å². The fraction of sp³-hybridized carbons (Fsp3) is 0.462. The van der Waals surface area contributed by atoms with Crippen LogP contribution in [0.4, 0.5) is 10.1 Å². The SMILES string of the molecule is CN1CCN(c2ccc(C(O)C(=O)O)cc2F)CC1. The zero-order chi connectivity index (χ0) is 14.0. The van der Waals surface area contributed by atoms with E-state index in [1.54, 1.807) is 0 Å². The number of likely N-dealkylation sites (N-methyl/N-ethyl adjacent to an activating group) is 1. The van der Waals surface area contributed by atoms with Crippen molar-refractivity contribution in [2.75, 3.05) is 38.1 Å². The maximum atomic E-state index is 14.0. The van der Waals surface area contributed by atoms with Crippen LogP contribution in [0, 0.1) is 5.82 Å². The number of hydrogen-bond acceptors (Lipinski definition) is 4. The molecule has 0 aromatic heterocycles. The van der Waals surface area contributed by atoms with E-state index < -0.39 is 17.9 Å². The monoisotopic (exact) mass is 268 g/mol. The van der Waals surface area contributed by atoms with E-state index in [2.05, 4.69) is 4.90 Å². The van der Waals surface area contributed by atoms with Crippen molar-refractivity contribution < 1.29 is 19.4 Å². The van der Waals surface area contributed by atoms with Crippen LogP contribution in [0.3, 0.4) is 0 Å². The Morgan fingerprint density at radius 3 is 2.47 bits per heavy atom. The normalized spacial score (nSPS) is 18.4. The number of aliphatic carboxylic acids is 1. The third-order valence-corrected chi connectivity index (χ3v) is 3.37. The van der Waals surface area contributed by atoms with Crippen LogP contribution in [-0.2, 0) is 4.79 Å². The van der Waals surface area contributed by atoms with Gasteiger partial charge in [-0.1, -0.05) is 6.07 Å². The average molecular weight is 268 g/mol. The largest absolute Gasteiger partial charge is 0.479 e. The second-order valence-corrected chi connectivity index (χ2v) is 4.74. The first-order valence-corrected chi connectivity index (χ1v) is 6.13. The van der Waals surface area contributed by atoms with Crippen LogP contribution in [0.5, 0.6) is 0 Å². The quantitative estimate of drug-likeness (QED) is 0.844. The molecule has 0 aliphatic carbocycles. The number of carbonyl (C=O) groups is 1. The van der Waals surface area contributed by atoms with E-state index in [0.29, 0.717) is 5.69 Å². The summed E-state index contributed by atoms with van der Waals surface area (Å²) in [6, 6.07) is 4.07. The van der Waals surface area contributed by atoms with Gasteiger partial charge in [0.1, 0.15) is 5.82 Å². The lowest BCUT2D eigenvalue weighted by molar-refractivity contribution is -0.146. The first kappa shape index (κ1) is 13.8. The maximum Gasteiger partial charge on any atom is 0.337 e. The first-order chi connectivity index (χ1) is 8.99. The Morgan fingerprint density at radius 1 is 1.32 bits per heavy atom. The van der Waals surface area contributed by atoms with Gasteiger partial charge in [0.25, 0.3) is 0 Å². The van der Waals surface area contributed by atoms with Gasteiger partial charge in [-0.15, -0.1) is 0 Å². The van der Waals surface area contributed by atoms with Crippen LogP contribution in [0.1, 0.15) is 11.7 Å². The Labute approximate surface area is 110 Å². The first-order valence-electron chi connectivity index (χ1n) is 6.13. The number of piperazine rings is 1. The summed E-state index contributed by atoms with van der Waals surface area (Å²) in [7, 11) is 2.01. The molecule has 2 rings (SSSR count). The van der Waals surface area contributed by atoms with Crippen molar-refractivity contribution in [1.29, 1.82) is 0 Å². The lowest BCUT2D eigenvalue weighted by Crippen LogP contribution is -2.44. The molecule has 0 spiro atoms. The zero-order valence-corrected chi connectivity index (χ0v) is 10.7. The lowest BCUT2D eigenvalue weighted by atomic mass is 10.1. The second-order valence-electron chi connectivity index (χ2n) is 4.74. The highest BCUT2D eigenvalue weighted by Crippen LogP contribution is 2.24. The third kappa shape index (κ3) is 3.02. The number of aliphatic hydroxyl groups excluding tert-OH is 1. The molecule has 1 aromatic carbocycles. The third-order valence-electron chi connectivity index (χ3n) is 3.37. The number of benzene rings is 1. The summed E-state index contributed by atoms with van der Waals surface area (Å²) in [5.41, 5.74) is 0.511. The molecule has 19 heavy (non-hydrogen) atoms. The zero-order valence-electron chi connectivity index (χ0n) is 10.7. The summed E-state index contributed by atoms with van der Waals surface area (Å²) in [5.74, 6) is -1.88. The number of halogens is 1. The van der Waals surface area contributed by atoms with E-state index in [4.69, 9.17) is 5.11 Å². The number of carboxylic acid groups (broad SMARTS) is 1. The predicted molar refractivity (Wildman–Crippen MR) is 68.7 cm³/mol. The minimum atomic E-state index is -1.68. The molecule has 1 atom stereocenters. The summed E-state index contributed by atoms with van der Waals surface area (Å²) in [5, 5.41) is 18.1. The van der Waals surface area contributed by atoms with E-state index in [1.807, 2.05) is 11.9 Å². The van der Waals surface area contributed by atoms with E-state index >= 15 is 0 Å². The molecule has 104 valence electrons. The number of aliphatic hydroxyl groups is 1. The molecule has 1 saturated heterocycles. The molecular formula is C13H17FN2O3. The summed E-state index contributed by atoms with van der Waals surface area (Å²) < 4.78 is 14.0. The Hall–Kier alpha value is -1.66. The molecular weight excluding hydrogens is 251 g/mol. The number of hydrogen-bond donors (Lipinski definition) is 2. The highest BCUT2D eigenvalue weighted by atomic mass is 19.1. The van der Waals surface area contributed by atoms with Crippen molar-refractivity contribution >= 4 is 11.7 Å². The molecule has 0 saturated carbocycles. The van der Waals surface area contributed by atoms with Crippen molar-refractivity contribution in [1.82, 2.24) is 4.90 Å². The molecule has 0 amide bonds. The predicted octanol–water partition coefficient (Wildman–Crippen LogP) is 0.695. The van der Waals surface area contributed by atoms with E-state index in [-0.39, 0.29) is 5.56 Å². The minimum absolute atomic E-state index is 0.0582. The minimum Gasteiger partial charge on any atom is -0.479 e. The Kier molecular flexibility index (Phi) is 4.01. The van der Waals surface area contributed by atoms with Crippen molar-refractivity contribution in [3.05, 3.63) is 29.6 Å². The summed E-state index contributed by atoms with van der Waals surface area (Å²) in [4.78, 5) is 14.7. The van der Waals surface area contributed by atoms with Crippen LogP contribution in [0.15, 0.2) is 18.2 Å². The number of carboxylic acids is 1. The van der Waals surface area contributed by atoms with Gasteiger partial charge in [0, 0.05) is 26.2 Å². The smallest absolute Gasteiger partial charge is 0.337 e. The van der Waals surface area contributed by atoms with Crippen molar-refractivity contribution in [3.63, 3.8) is 0 Å². The number of anilines is 1. The van der Waals surface area contributed by atoms with Gasteiger partial charge in [0.15, 0.2) is 6.10 Å². The molecule has 6 heteroatoms. The molecule has 1 aromatic rings. The van der Waals surface area contributed by atoms with Crippen LogP contribution < -0.4 is 4.90 Å². The standard InChI is InChI=1S/C13H17FN2O3/c1-15-4-6-16(7-5-15)11-3-2-9(8-10(11)14)12(17)13(18)19/h2-3,8,12,17H,4-7H2,1H3,(H,18,19). The van der Waals surface area contributed by atoms with Crippen LogP contribution in [0.25, 0.3) is 0 Å². The maximum absolute atomic E-state index is 14.0. The second kappa shape index (κ2) is 5.54. The van der Waals surface area contributed by atoms with Gasteiger partial charge in [-0.3, -0.25) is 0 Å². The molecule has 0 bridgehead atoms.